The fourth-order valence-electron chi connectivity index (χ4n) is 2.71. The predicted octanol–water partition coefficient (Wildman–Crippen LogP) is 1.95. The van der Waals surface area contributed by atoms with Crippen molar-refractivity contribution in [3.63, 3.8) is 0 Å². The van der Waals surface area contributed by atoms with E-state index in [-0.39, 0.29) is 12.1 Å². The molecule has 21 heavy (non-hydrogen) atoms. The van der Waals surface area contributed by atoms with Crippen LogP contribution in [0.1, 0.15) is 24.1 Å². The molecule has 114 valence electrons. The summed E-state index contributed by atoms with van der Waals surface area (Å²) < 4.78 is 7.09. The van der Waals surface area contributed by atoms with Gasteiger partial charge in [0.2, 0.25) is 0 Å². The molecule has 5 nitrogen and oxygen atoms in total. The summed E-state index contributed by atoms with van der Waals surface area (Å²) in [6.45, 7) is 2.83. The Kier molecular flexibility index (Phi) is 4.98. The number of aromatic nitrogens is 2. The number of aryl methyl sites for hydroxylation is 1. The van der Waals surface area contributed by atoms with Gasteiger partial charge in [-0.05, 0) is 31.7 Å². The van der Waals surface area contributed by atoms with Crippen molar-refractivity contribution in [3.8, 4) is 5.75 Å². The monoisotopic (exact) mass is 288 g/mol. The predicted molar refractivity (Wildman–Crippen MR) is 84.1 cm³/mol. The van der Waals surface area contributed by atoms with Crippen LogP contribution in [-0.4, -0.2) is 34.9 Å². The number of ether oxygens (including phenoxy) is 1. The van der Waals surface area contributed by atoms with E-state index in [0.29, 0.717) is 0 Å². The fourth-order valence-corrected chi connectivity index (χ4v) is 2.71. The molecule has 0 saturated heterocycles. The Bertz CT molecular complexity index is 579. The molecule has 2 atom stereocenters. The maximum atomic E-state index is 6.19. The molecule has 0 amide bonds. The Morgan fingerprint density at radius 2 is 2.19 bits per heavy atom. The van der Waals surface area contributed by atoms with Gasteiger partial charge in [-0.15, -0.1) is 0 Å². The van der Waals surface area contributed by atoms with Crippen molar-refractivity contribution in [1.82, 2.24) is 14.7 Å². The molecule has 0 radical (unpaired) electrons. The van der Waals surface area contributed by atoms with Gasteiger partial charge < -0.3 is 10.5 Å². The van der Waals surface area contributed by atoms with E-state index in [1.54, 1.807) is 7.11 Å². The standard InChI is InChI=1S/C16H24N4O/c1-12(17)16(14-9-18-20(3)11-14)19(2)10-13-6-5-7-15(8-13)21-4/h5-9,11-12,16H,10,17H2,1-4H3. The number of benzene rings is 1. The molecule has 0 fully saturated rings. The van der Waals surface area contributed by atoms with Gasteiger partial charge in [0.1, 0.15) is 5.75 Å². The van der Waals surface area contributed by atoms with Gasteiger partial charge in [0.05, 0.1) is 19.3 Å². The number of likely N-dealkylation sites (N-methyl/N-ethyl adjacent to an activating group) is 1. The van der Waals surface area contributed by atoms with Crippen molar-refractivity contribution < 1.29 is 4.74 Å². The third kappa shape index (κ3) is 3.83. The van der Waals surface area contributed by atoms with Crippen LogP contribution in [0.25, 0.3) is 0 Å². The highest BCUT2D eigenvalue weighted by atomic mass is 16.5. The first-order valence-electron chi connectivity index (χ1n) is 7.08. The summed E-state index contributed by atoms with van der Waals surface area (Å²) in [6.07, 6.45) is 3.91. The topological polar surface area (TPSA) is 56.3 Å². The molecule has 0 aliphatic heterocycles. The van der Waals surface area contributed by atoms with Gasteiger partial charge in [0.15, 0.2) is 0 Å². The molecule has 0 aliphatic rings. The second-order valence-corrected chi connectivity index (χ2v) is 5.52. The number of rotatable bonds is 6. The van der Waals surface area contributed by atoms with E-state index in [9.17, 15) is 0 Å². The summed E-state index contributed by atoms with van der Waals surface area (Å²) in [6, 6.07) is 8.26. The van der Waals surface area contributed by atoms with E-state index in [1.807, 2.05) is 43.2 Å². The maximum absolute atomic E-state index is 6.19. The largest absolute Gasteiger partial charge is 0.497 e. The first-order chi connectivity index (χ1) is 10.0. The average molecular weight is 288 g/mol. The van der Waals surface area contributed by atoms with Crippen LogP contribution in [0.2, 0.25) is 0 Å². The van der Waals surface area contributed by atoms with Gasteiger partial charge in [0, 0.05) is 31.4 Å². The normalized spacial score (nSPS) is 14.2. The SMILES string of the molecule is COc1cccc(CN(C)C(c2cnn(C)c2)C(C)N)c1. The summed E-state index contributed by atoms with van der Waals surface area (Å²) in [5.74, 6) is 0.875. The molecule has 2 N–H and O–H groups in total. The number of nitrogens with zero attached hydrogens (tertiary/aromatic N) is 3. The summed E-state index contributed by atoms with van der Waals surface area (Å²) in [5.41, 5.74) is 8.52. The lowest BCUT2D eigenvalue weighted by Gasteiger charge is -2.30. The summed E-state index contributed by atoms with van der Waals surface area (Å²) >= 11 is 0. The van der Waals surface area contributed by atoms with E-state index in [2.05, 4.69) is 29.2 Å². The van der Waals surface area contributed by atoms with Crippen molar-refractivity contribution in [2.45, 2.75) is 25.6 Å². The molecule has 1 aromatic carbocycles. The molecular weight excluding hydrogens is 264 g/mol. The van der Waals surface area contributed by atoms with Crippen LogP contribution in [0.4, 0.5) is 0 Å². The molecule has 1 aromatic heterocycles. The summed E-state index contributed by atoms with van der Waals surface area (Å²) in [4.78, 5) is 2.25. The average Bonchev–Trinajstić information content (AvgIpc) is 2.84. The van der Waals surface area contributed by atoms with Crippen LogP contribution in [0.15, 0.2) is 36.7 Å². The fraction of sp³-hybridized carbons (Fsp3) is 0.438. The van der Waals surface area contributed by atoms with Crippen molar-refractivity contribution in [3.05, 3.63) is 47.8 Å². The number of hydrogen-bond donors (Lipinski definition) is 1. The smallest absolute Gasteiger partial charge is 0.119 e. The minimum absolute atomic E-state index is 0.0183. The van der Waals surface area contributed by atoms with Crippen molar-refractivity contribution in [2.75, 3.05) is 14.2 Å². The van der Waals surface area contributed by atoms with Crippen molar-refractivity contribution >= 4 is 0 Å². The number of methoxy groups -OCH3 is 1. The zero-order chi connectivity index (χ0) is 15.4. The van der Waals surface area contributed by atoms with Crippen LogP contribution in [0, 0.1) is 0 Å². The Morgan fingerprint density at radius 1 is 1.43 bits per heavy atom. The third-order valence-corrected chi connectivity index (χ3v) is 3.61. The Morgan fingerprint density at radius 3 is 2.76 bits per heavy atom. The molecule has 0 bridgehead atoms. The molecule has 0 saturated carbocycles. The lowest BCUT2D eigenvalue weighted by Crippen LogP contribution is -2.36. The molecule has 0 spiro atoms. The van der Waals surface area contributed by atoms with Crippen LogP contribution < -0.4 is 10.5 Å². The van der Waals surface area contributed by atoms with Crippen molar-refractivity contribution in [1.29, 1.82) is 0 Å². The maximum Gasteiger partial charge on any atom is 0.119 e. The van der Waals surface area contributed by atoms with E-state index < -0.39 is 0 Å². The second kappa shape index (κ2) is 6.74. The Balaban J connectivity index is 2.17. The van der Waals surface area contributed by atoms with Crippen LogP contribution in [-0.2, 0) is 13.6 Å². The second-order valence-electron chi connectivity index (χ2n) is 5.52. The minimum atomic E-state index is 0.0183. The van der Waals surface area contributed by atoms with Gasteiger partial charge in [0.25, 0.3) is 0 Å². The van der Waals surface area contributed by atoms with Crippen LogP contribution in [0.5, 0.6) is 5.75 Å². The molecular formula is C16H24N4O. The third-order valence-electron chi connectivity index (χ3n) is 3.61. The zero-order valence-electron chi connectivity index (χ0n) is 13.2. The van der Waals surface area contributed by atoms with E-state index in [0.717, 1.165) is 17.9 Å². The van der Waals surface area contributed by atoms with Crippen LogP contribution in [0.3, 0.4) is 0 Å². The quantitative estimate of drug-likeness (QED) is 0.882. The van der Waals surface area contributed by atoms with E-state index in [4.69, 9.17) is 10.5 Å². The lowest BCUT2D eigenvalue weighted by atomic mass is 10.0. The van der Waals surface area contributed by atoms with Gasteiger partial charge in [-0.2, -0.15) is 5.10 Å². The van der Waals surface area contributed by atoms with Gasteiger partial charge in [-0.3, -0.25) is 9.58 Å². The Labute approximate surface area is 126 Å². The summed E-state index contributed by atoms with van der Waals surface area (Å²) in [5, 5.41) is 4.25. The Hall–Kier alpha value is -1.85. The highest BCUT2D eigenvalue weighted by Crippen LogP contribution is 2.24. The lowest BCUT2D eigenvalue weighted by molar-refractivity contribution is 0.210. The molecule has 5 heteroatoms. The highest BCUT2D eigenvalue weighted by molar-refractivity contribution is 5.28. The van der Waals surface area contributed by atoms with Crippen LogP contribution >= 0.6 is 0 Å². The van der Waals surface area contributed by atoms with Gasteiger partial charge in [-0.1, -0.05) is 12.1 Å². The zero-order valence-corrected chi connectivity index (χ0v) is 13.2. The van der Waals surface area contributed by atoms with Crippen molar-refractivity contribution in [2.24, 2.45) is 12.8 Å². The summed E-state index contributed by atoms with van der Waals surface area (Å²) in [7, 11) is 5.69. The first-order valence-corrected chi connectivity index (χ1v) is 7.08. The molecule has 1 heterocycles. The minimum Gasteiger partial charge on any atom is -0.497 e. The highest BCUT2D eigenvalue weighted by Gasteiger charge is 2.22. The van der Waals surface area contributed by atoms with E-state index in [1.165, 1.54) is 5.56 Å². The number of nitrogens with two attached hydrogens (primary N) is 1. The molecule has 0 aliphatic carbocycles. The molecule has 2 aromatic rings. The molecule has 2 unspecified atom stereocenters. The van der Waals surface area contributed by atoms with Gasteiger partial charge in [-0.25, -0.2) is 0 Å². The first kappa shape index (κ1) is 15.5. The number of hydrogen-bond acceptors (Lipinski definition) is 4. The molecule has 2 rings (SSSR count). The van der Waals surface area contributed by atoms with E-state index >= 15 is 0 Å². The van der Waals surface area contributed by atoms with Gasteiger partial charge >= 0.3 is 0 Å².